The number of hydrogen-bond donors (Lipinski definition) is 1. The molecular weight excluding hydrogens is 410 g/mol. The number of carbonyl (C=O) groups is 1. The second-order valence-electron chi connectivity index (χ2n) is 7.29. The largest absolute Gasteiger partial charge is 0.359 e. The van der Waals surface area contributed by atoms with Gasteiger partial charge in [0.15, 0.2) is 0 Å². The van der Waals surface area contributed by atoms with Gasteiger partial charge in [-0.1, -0.05) is 71.5 Å². The van der Waals surface area contributed by atoms with Gasteiger partial charge in [0, 0.05) is 29.3 Å². The van der Waals surface area contributed by atoms with Crippen molar-refractivity contribution in [1.29, 1.82) is 0 Å². The van der Waals surface area contributed by atoms with E-state index < -0.39 is 0 Å². The molecule has 0 saturated heterocycles. The molecule has 32 heavy (non-hydrogen) atoms. The summed E-state index contributed by atoms with van der Waals surface area (Å²) in [6.07, 6.45) is 0.667. The van der Waals surface area contributed by atoms with Crippen molar-refractivity contribution in [2.45, 2.75) is 94.1 Å². The van der Waals surface area contributed by atoms with Crippen molar-refractivity contribution in [3.8, 4) is 0 Å². The summed E-state index contributed by atoms with van der Waals surface area (Å²) in [6.45, 7) is 26.4. The first-order chi connectivity index (χ1) is 15.2. The minimum Gasteiger partial charge on any atom is -0.359 e. The summed E-state index contributed by atoms with van der Waals surface area (Å²) in [5.74, 6) is 2.31. The molecule has 0 radical (unpaired) electrons. The fourth-order valence-electron chi connectivity index (χ4n) is 2.80. The zero-order chi connectivity index (χ0) is 25.3. The molecule has 2 aromatic rings. The highest BCUT2D eigenvalue weighted by molar-refractivity contribution is 7.97. The summed E-state index contributed by atoms with van der Waals surface area (Å²) in [5.41, 5.74) is 10.6. The number of rotatable bonds is 7. The average Bonchev–Trinajstić information content (AvgIpc) is 2.81. The molecule has 3 heteroatoms. The van der Waals surface area contributed by atoms with Crippen LogP contribution < -0.4 is 5.32 Å². The Hall–Kier alpha value is -2.00. The molecular formula is C29H47NOS. The first-order valence-corrected chi connectivity index (χ1v) is 13.0. The van der Waals surface area contributed by atoms with E-state index in [1.54, 1.807) is 6.92 Å². The molecule has 0 spiro atoms. The van der Waals surface area contributed by atoms with Gasteiger partial charge in [0.05, 0.1) is 0 Å². The number of ketones is 1. The molecule has 0 aliphatic heterocycles. The number of Topliss-reactive ketones (excluding diaryl/α,β-unsaturated/α-hetero) is 1. The van der Waals surface area contributed by atoms with Gasteiger partial charge in [-0.3, -0.25) is 0 Å². The van der Waals surface area contributed by atoms with Crippen LogP contribution in [0, 0.1) is 27.7 Å². The summed E-state index contributed by atoms with van der Waals surface area (Å²) in [6, 6.07) is 10.7. The zero-order valence-corrected chi connectivity index (χ0v) is 23.3. The highest BCUT2D eigenvalue weighted by atomic mass is 32.2. The maximum Gasteiger partial charge on any atom is 0.129 e. The van der Waals surface area contributed by atoms with Gasteiger partial charge in [-0.15, -0.1) is 0 Å². The fraction of sp³-hybridized carbons (Fsp3) is 0.483. The Bertz CT molecular complexity index is 810. The van der Waals surface area contributed by atoms with Crippen LogP contribution in [-0.4, -0.2) is 5.78 Å². The Labute approximate surface area is 203 Å². The highest BCUT2D eigenvalue weighted by Crippen LogP contribution is 2.34. The van der Waals surface area contributed by atoms with Gasteiger partial charge < -0.3 is 10.1 Å². The van der Waals surface area contributed by atoms with Crippen LogP contribution in [0.3, 0.4) is 0 Å². The van der Waals surface area contributed by atoms with Gasteiger partial charge in [-0.25, -0.2) is 0 Å². The molecule has 0 bridgehead atoms. The van der Waals surface area contributed by atoms with Gasteiger partial charge >= 0.3 is 0 Å². The van der Waals surface area contributed by atoms with E-state index in [4.69, 9.17) is 0 Å². The van der Waals surface area contributed by atoms with Gasteiger partial charge in [-0.05, 0) is 74.9 Å². The van der Waals surface area contributed by atoms with Crippen molar-refractivity contribution in [1.82, 2.24) is 0 Å². The van der Waals surface area contributed by atoms with Crippen molar-refractivity contribution in [2.24, 2.45) is 0 Å². The van der Waals surface area contributed by atoms with E-state index in [-0.39, 0.29) is 5.78 Å². The van der Waals surface area contributed by atoms with Crippen LogP contribution in [0.5, 0.6) is 0 Å². The van der Waals surface area contributed by atoms with Crippen molar-refractivity contribution in [2.75, 3.05) is 5.32 Å². The first-order valence-electron chi connectivity index (χ1n) is 11.8. The minimum absolute atomic E-state index is 0.255. The Morgan fingerprint density at radius 2 is 1.31 bits per heavy atom. The molecule has 2 rings (SSSR count). The molecule has 1 N–H and O–H groups in total. The van der Waals surface area contributed by atoms with E-state index in [9.17, 15) is 4.79 Å². The number of anilines is 1. The molecule has 2 aromatic carbocycles. The van der Waals surface area contributed by atoms with Crippen LogP contribution in [0.2, 0.25) is 0 Å². The molecule has 0 heterocycles. The topological polar surface area (TPSA) is 29.1 Å². The summed E-state index contributed by atoms with van der Waals surface area (Å²) in [7, 11) is 0. The zero-order valence-electron chi connectivity index (χ0n) is 22.5. The third-order valence-corrected chi connectivity index (χ3v) is 6.04. The van der Waals surface area contributed by atoms with Gasteiger partial charge in [-0.2, -0.15) is 11.8 Å². The van der Waals surface area contributed by atoms with Gasteiger partial charge in [0.2, 0.25) is 0 Å². The Balaban J connectivity index is 0. The van der Waals surface area contributed by atoms with Crippen LogP contribution >= 0.6 is 11.8 Å². The third kappa shape index (κ3) is 11.6. The number of hydrogen-bond acceptors (Lipinski definition) is 3. The lowest BCUT2D eigenvalue weighted by molar-refractivity contribution is -0.116. The normalized spacial score (nSPS) is 9.22. The standard InChI is InChI=1S/C21H27NS.C4H8O.2C2H6/c1-14(2)22-21-18(6)16(4)15(3)17(5)20(21)13-23-12-19-10-8-7-9-11-19;1-3-4(2)5;2*1-2/h7-11,22H,1,12-13H2,2-6H3;3H2,1-2H3;2*1-2H3. The smallest absolute Gasteiger partial charge is 0.129 e. The molecule has 0 amide bonds. The second-order valence-corrected chi connectivity index (χ2v) is 8.28. The first kappa shape index (κ1) is 32.2. The van der Waals surface area contributed by atoms with Crippen molar-refractivity contribution >= 4 is 23.2 Å². The predicted molar refractivity (Wildman–Crippen MR) is 149 cm³/mol. The summed E-state index contributed by atoms with van der Waals surface area (Å²) < 4.78 is 0. The van der Waals surface area contributed by atoms with E-state index in [1.807, 2.05) is 53.3 Å². The summed E-state index contributed by atoms with van der Waals surface area (Å²) >= 11 is 1.97. The summed E-state index contributed by atoms with van der Waals surface area (Å²) in [4.78, 5) is 9.81. The van der Waals surface area contributed by atoms with E-state index in [0.29, 0.717) is 6.42 Å². The van der Waals surface area contributed by atoms with E-state index in [0.717, 1.165) is 17.2 Å². The molecule has 0 aromatic heterocycles. The van der Waals surface area contributed by atoms with Gasteiger partial charge in [0.1, 0.15) is 5.78 Å². The molecule has 0 unspecified atom stereocenters. The minimum atomic E-state index is 0.255. The molecule has 0 aliphatic carbocycles. The molecule has 2 nitrogen and oxygen atoms in total. The van der Waals surface area contributed by atoms with E-state index in [2.05, 4.69) is 69.9 Å². The number of thioether (sulfide) groups is 1. The number of carbonyl (C=O) groups excluding carboxylic acids is 1. The SMILES string of the molecule is C=C(C)Nc1c(C)c(C)c(C)c(C)c1CSCc1ccccc1.CC.CC.CCC(C)=O. The highest BCUT2D eigenvalue weighted by Gasteiger charge is 2.15. The van der Waals surface area contributed by atoms with Crippen LogP contribution in [0.25, 0.3) is 0 Å². The Morgan fingerprint density at radius 1 is 0.844 bits per heavy atom. The lowest BCUT2D eigenvalue weighted by atomic mass is 9.93. The maximum absolute atomic E-state index is 9.81. The fourth-order valence-corrected chi connectivity index (χ4v) is 3.89. The third-order valence-electron chi connectivity index (χ3n) is 5.01. The van der Waals surface area contributed by atoms with Crippen LogP contribution in [0.1, 0.15) is 88.3 Å². The van der Waals surface area contributed by atoms with E-state index in [1.165, 1.54) is 39.1 Å². The maximum atomic E-state index is 9.81. The lowest BCUT2D eigenvalue weighted by Crippen LogP contribution is -2.06. The Kier molecular flexibility index (Phi) is 18.7. The van der Waals surface area contributed by atoms with E-state index >= 15 is 0 Å². The predicted octanol–water partition coefficient (Wildman–Crippen LogP) is 9.34. The molecule has 0 saturated carbocycles. The monoisotopic (exact) mass is 457 g/mol. The van der Waals surface area contributed by atoms with Crippen LogP contribution in [0.4, 0.5) is 5.69 Å². The number of benzene rings is 2. The lowest BCUT2D eigenvalue weighted by Gasteiger charge is -2.22. The second kappa shape index (κ2) is 18.6. The average molecular weight is 458 g/mol. The summed E-state index contributed by atoms with van der Waals surface area (Å²) in [5, 5.41) is 3.49. The van der Waals surface area contributed by atoms with Gasteiger partial charge in [0.25, 0.3) is 0 Å². The Morgan fingerprint density at radius 3 is 1.75 bits per heavy atom. The van der Waals surface area contributed by atoms with Crippen molar-refractivity contribution in [3.05, 3.63) is 76.0 Å². The number of nitrogens with one attached hydrogen (secondary N) is 1. The number of allylic oxidation sites excluding steroid dienone is 1. The van der Waals surface area contributed by atoms with Crippen molar-refractivity contribution in [3.63, 3.8) is 0 Å². The van der Waals surface area contributed by atoms with Crippen LogP contribution in [0.15, 0.2) is 42.6 Å². The molecule has 0 atom stereocenters. The van der Waals surface area contributed by atoms with Crippen molar-refractivity contribution < 1.29 is 4.79 Å². The quantitative estimate of drug-likeness (QED) is 0.449. The molecule has 0 aliphatic rings. The van der Waals surface area contributed by atoms with Crippen LogP contribution in [-0.2, 0) is 16.3 Å². The molecule has 180 valence electrons. The molecule has 0 fully saturated rings.